The number of amides is 1. The van der Waals surface area contributed by atoms with Gasteiger partial charge in [0.2, 0.25) is 11.8 Å². The van der Waals surface area contributed by atoms with E-state index >= 15 is 0 Å². The molecule has 32 heavy (non-hydrogen) atoms. The number of fused-ring (bicyclic) bond motifs is 2. The molecule has 0 radical (unpaired) electrons. The second kappa shape index (κ2) is 9.23. The standard InChI is InChI=1S/C20H27F2N7O3/c1-28(14-7-12-4-3-5-13(8-14)29(12)19(31)18(21)22)20-24-15(9-17(25-20)32-2)23-16-6-11(10-30)26-27-16/h6,9,12-14,18,30H,3-5,7-8,10H2,1-2H3,(H2,23,24,25,26,27)/t12-,13+,14+. The number of rotatable bonds is 7. The van der Waals surface area contributed by atoms with E-state index in [1.165, 1.54) is 12.0 Å². The summed E-state index contributed by atoms with van der Waals surface area (Å²) in [6, 6.07) is 2.87. The smallest absolute Gasteiger partial charge is 0.315 e. The number of H-pyrrole nitrogens is 1. The Morgan fingerprint density at radius 3 is 2.62 bits per heavy atom. The van der Waals surface area contributed by atoms with Gasteiger partial charge in [-0.3, -0.25) is 9.89 Å². The van der Waals surface area contributed by atoms with Gasteiger partial charge in [0.05, 0.1) is 19.4 Å². The molecule has 2 fully saturated rings. The van der Waals surface area contributed by atoms with Crippen LogP contribution in [0.25, 0.3) is 0 Å². The van der Waals surface area contributed by atoms with Crippen molar-refractivity contribution in [2.75, 3.05) is 24.4 Å². The monoisotopic (exact) mass is 451 g/mol. The Labute approximate surface area is 184 Å². The van der Waals surface area contributed by atoms with Crippen LogP contribution in [-0.2, 0) is 11.4 Å². The molecule has 2 aliphatic rings. The van der Waals surface area contributed by atoms with Gasteiger partial charge >= 0.3 is 6.43 Å². The first-order valence-electron chi connectivity index (χ1n) is 10.6. The predicted molar refractivity (Wildman–Crippen MR) is 112 cm³/mol. The quantitative estimate of drug-likeness (QED) is 0.585. The fourth-order valence-corrected chi connectivity index (χ4v) is 4.68. The van der Waals surface area contributed by atoms with Gasteiger partial charge in [-0.2, -0.15) is 23.8 Å². The number of hydrogen-bond acceptors (Lipinski definition) is 8. The second-order valence-electron chi connectivity index (χ2n) is 8.18. The van der Waals surface area contributed by atoms with E-state index in [2.05, 4.69) is 25.5 Å². The molecule has 0 aromatic carbocycles. The van der Waals surface area contributed by atoms with Gasteiger partial charge in [-0.25, -0.2) is 0 Å². The van der Waals surface area contributed by atoms with Gasteiger partial charge in [0, 0.05) is 37.3 Å². The highest BCUT2D eigenvalue weighted by Crippen LogP contribution is 2.37. The van der Waals surface area contributed by atoms with Crippen LogP contribution in [0.5, 0.6) is 5.88 Å². The Balaban J connectivity index is 1.53. The fourth-order valence-electron chi connectivity index (χ4n) is 4.68. The van der Waals surface area contributed by atoms with Crippen LogP contribution in [0.4, 0.5) is 26.4 Å². The molecule has 2 saturated heterocycles. The van der Waals surface area contributed by atoms with E-state index in [4.69, 9.17) is 4.74 Å². The fraction of sp³-hybridized carbons (Fsp3) is 0.600. The summed E-state index contributed by atoms with van der Waals surface area (Å²) in [4.78, 5) is 24.4. The number of aromatic nitrogens is 4. The SMILES string of the molecule is COc1cc(Nc2cc(CO)[nH]n2)nc(N(C)[C@H]2C[C@H]3CCC[C@@H](C2)N3C(=O)C(F)F)n1. The number of alkyl halides is 2. The van der Waals surface area contributed by atoms with Crippen LogP contribution in [0.15, 0.2) is 12.1 Å². The van der Waals surface area contributed by atoms with E-state index in [1.807, 2.05) is 11.9 Å². The summed E-state index contributed by atoms with van der Waals surface area (Å²) < 4.78 is 31.5. The number of piperidine rings is 2. The molecule has 3 atom stereocenters. The Morgan fingerprint density at radius 2 is 2.03 bits per heavy atom. The number of carbonyl (C=O) groups is 1. The molecule has 2 aliphatic heterocycles. The Bertz CT molecular complexity index is 943. The summed E-state index contributed by atoms with van der Waals surface area (Å²) in [5, 5.41) is 19.0. The van der Waals surface area contributed by atoms with Crippen molar-refractivity contribution >= 4 is 23.5 Å². The predicted octanol–water partition coefficient (Wildman–Crippen LogP) is 2.06. The largest absolute Gasteiger partial charge is 0.481 e. The maximum atomic E-state index is 13.1. The summed E-state index contributed by atoms with van der Waals surface area (Å²) in [6.07, 6.45) is 0.551. The van der Waals surface area contributed by atoms with E-state index in [0.717, 1.165) is 19.3 Å². The van der Waals surface area contributed by atoms with Gasteiger partial charge in [-0.1, -0.05) is 0 Å². The topological polar surface area (TPSA) is 119 Å². The van der Waals surface area contributed by atoms with Crippen molar-refractivity contribution in [2.24, 2.45) is 0 Å². The van der Waals surface area contributed by atoms with Crippen LogP contribution >= 0.6 is 0 Å². The highest BCUT2D eigenvalue weighted by atomic mass is 19.3. The Kier molecular flexibility index (Phi) is 6.40. The van der Waals surface area contributed by atoms with Crippen molar-refractivity contribution in [3.8, 4) is 5.88 Å². The van der Waals surface area contributed by atoms with Gasteiger partial charge < -0.3 is 25.0 Å². The highest BCUT2D eigenvalue weighted by Gasteiger charge is 2.44. The molecule has 0 aliphatic carbocycles. The number of halogens is 2. The van der Waals surface area contributed by atoms with Crippen LogP contribution in [0.3, 0.4) is 0 Å². The molecule has 0 unspecified atom stereocenters. The third-order valence-electron chi connectivity index (χ3n) is 6.21. The number of aliphatic hydroxyl groups excluding tert-OH is 1. The molecular weight excluding hydrogens is 424 g/mol. The number of carbonyl (C=O) groups excluding carboxylic acids is 1. The van der Waals surface area contributed by atoms with Gasteiger partial charge in [0.1, 0.15) is 5.82 Å². The highest BCUT2D eigenvalue weighted by molar-refractivity contribution is 5.80. The summed E-state index contributed by atoms with van der Waals surface area (Å²) in [7, 11) is 3.37. The Morgan fingerprint density at radius 1 is 1.31 bits per heavy atom. The maximum absolute atomic E-state index is 13.1. The summed E-state index contributed by atoms with van der Waals surface area (Å²) in [5.74, 6) is 0.650. The summed E-state index contributed by atoms with van der Waals surface area (Å²) >= 11 is 0. The number of methoxy groups -OCH3 is 1. The third-order valence-corrected chi connectivity index (χ3v) is 6.21. The number of nitrogens with zero attached hydrogens (tertiary/aromatic N) is 5. The number of aromatic amines is 1. The first-order chi connectivity index (χ1) is 15.4. The van der Waals surface area contributed by atoms with Crippen LogP contribution in [-0.4, -0.2) is 74.8 Å². The normalized spacial score (nSPS) is 22.7. The minimum absolute atomic E-state index is 0.00152. The second-order valence-corrected chi connectivity index (χ2v) is 8.18. The number of nitrogens with one attached hydrogen (secondary N) is 2. The lowest BCUT2D eigenvalue weighted by atomic mass is 9.81. The average Bonchev–Trinajstić information content (AvgIpc) is 3.24. The molecule has 4 rings (SSSR count). The van der Waals surface area contributed by atoms with Gasteiger partial charge in [0.15, 0.2) is 5.82 Å². The third kappa shape index (κ3) is 4.45. The van der Waals surface area contributed by atoms with Crippen molar-refractivity contribution in [1.82, 2.24) is 25.1 Å². The Hall–Kier alpha value is -3.02. The first kappa shape index (κ1) is 22.2. The van der Waals surface area contributed by atoms with Crippen LogP contribution in [0.1, 0.15) is 37.8 Å². The molecule has 4 heterocycles. The zero-order chi connectivity index (χ0) is 22.8. The molecule has 3 N–H and O–H groups in total. The maximum Gasteiger partial charge on any atom is 0.315 e. The zero-order valence-electron chi connectivity index (χ0n) is 18.0. The van der Waals surface area contributed by atoms with Crippen molar-refractivity contribution in [1.29, 1.82) is 0 Å². The lowest BCUT2D eigenvalue weighted by Gasteiger charge is -2.50. The number of anilines is 3. The molecule has 2 aromatic rings. The van der Waals surface area contributed by atoms with Crippen LogP contribution < -0.4 is 15.0 Å². The van der Waals surface area contributed by atoms with Gasteiger partial charge in [-0.15, -0.1) is 0 Å². The molecule has 2 bridgehead atoms. The lowest BCUT2D eigenvalue weighted by molar-refractivity contribution is -0.153. The molecule has 0 spiro atoms. The lowest BCUT2D eigenvalue weighted by Crippen LogP contribution is -2.59. The van der Waals surface area contributed by atoms with Gasteiger partial charge in [0.25, 0.3) is 5.91 Å². The molecule has 10 nitrogen and oxygen atoms in total. The molecule has 2 aromatic heterocycles. The van der Waals surface area contributed by atoms with Crippen molar-refractivity contribution < 1.29 is 23.4 Å². The van der Waals surface area contributed by atoms with E-state index in [-0.39, 0.29) is 24.7 Å². The zero-order valence-corrected chi connectivity index (χ0v) is 18.0. The van der Waals surface area contributed by atoms with E-state index in [9.17, 15) is 18.7 Å². The molecular formula is C20H27F2N7O3. The van der Waals surface area contributed by atoms with Crippen LogP contribution in [0, 0.1) is 0 Å². The summed E-state index contributed by atoms with van der Waals surface area (Å²) in [5.41, 5.74) is 0.558. The average molecular weight is 451 g/mol. The molecule has 0 saturated carbocycles. The number of hydrogen-bond donors (Lipinski definition) is 3. The van der Waals surface area contributed by atoms with Gasteiger partial charge in [-0.05, 0) is 32.1 Å². The van der Waals surface area contributed by atoms with Crippen molar-refractivity contribution in [3.63, 3.8) is 0 Å². The first-order valence-corrected chi connectivity index (χ1v) is 10.6. The van der Waals surface area contributed by atoms with Crippen molar-refractivity contribution in [2.45, 2.75) is 63.3 Å². The van der Waals surface area contributed by atoms with E-state index < -0.39 is 12.3 Å². The minimum Gasteiger partial charge on any atom is -0.481 e. The summed E-state index contributed by atoms with van der Waals surface area (Å²) in [6.45, 7) is -0.162. The molecule has 12 heteroatoms. The number of aliphatic hydroxyl groups is 1. The van der Waals surface area contributed by atoms with E-state index in [0.29, 0.717) is 42.0 Å². The minimum atomic E-state index is -2.98. The van der Waals surface area contributed by atoms with E-state index in [1.54, 1.807) is 12.1 Å². The van der Waals surface area contributed by atoms with Crippen molar-refractivity contribution in [3.05, 3.63) is 17.8 Å². The molecule has 1 amide bonds. The molecule has 174 valence electrons. The number of ether oxygens (including phenoxy) is 1. The van der Waals surface area contributed by atoms with Crippen LogP contribution in [0.2, 0.25) is 0 Å².